The van der Waals surface area contributed by atoms with Gasteiger partial charge in [-0.3, -0.25) is 9.78 Å². The second-order valence-electron chi connectivity index (χ2n) is 10.9. The molecule has 2 aliphatic rings. The molecular weight excluding hydrogens is 516 g/mol. The van der Waals surface area contributed by atoms with Crippen molar-refractivity contribution in [3.8, 4) is 0 Å². The molecule has 1 atom stereocenters. The number of nitrogens with one attached hydrogen (secondary N) is 2. The van der Waals surface area contributed by atoms with Crippen LogP contribution in [0.2, 0.25) is 0 Å². The number of aryl methyl sites for hydroxylation is 4. The Morgan fingerprint density at radius 2 is 1.46 bits per heavy atom. The van der Waals surface area contributed by atoms with E-state index >= 15 is 0 Å². The molecule has 0 fully saturated rings. The van der Waals surface area contributed by atoms with E-state index in [-0.39, 0.29) is 12.3 Å². The number of fused-ring (bicyclic) bond motifs is 8. The molecule has 0 radical (unpaired) electrons. The van der Waals surface area contributed by atoms with Gasteiger partial charge in [0, 0.05) is 44.9 Å². The van der Waals surface area contributed by atoms with Gasteiger partial charge in [-0.1, -0.05) is 20.8 Å². The number of aromatic amines is 2. The van der Waals surface area contributed by atoms with E-state index in [1.54, 1.807) is 0 Å². The maximum atomic E-state index is 13.2. The Bertz CT molecular complexity index is 1770. The Hall–Kier alpha value is -4.20. The molecule has 5 heterocycles. The third kappa shape index (κ3) is 4.85. The van der Waals surface area contributed by atoms with Gasteiger partial charge in [-0.15, -0.1) is 0 Å². The van der Waals surface area contributed by atoms with E-state index in [2.05, 4.69) is 56.7 Å². The number of carbonyl (C=O) groups is 2. The Morgan fingerprint density at radius 3 is 2.05 bits per heavy atom. The van der Waals surface area contributed by atoms with Crippen molar-refractivity contribution >= 4 is 45.2 Å². The summed E-state index contributed by atoms with van der Waals surface area (Å²) in [5.41, 5.74) is 13.2. The number of aromatic nitrogens is 4. The zero-order valence-corrected chi connectivity index (χ0v) is 25.2. The zero-order chi connectivity index (χ0) is 29.6. The van der Waals surface area contributed by atoms with Crippen LogP contribution in [0.15, 0.2) is 18.2 Å². The molecule has 5 rings (SSSR count). The van der Waals surface area contributed by atoms with Gasteiger partial charge < -0.3 is 19.4 Å². The van der Waals surface area contributed by atoms with Crippen molar-refractivity contribution in [1.82, 2.24) is 19.9 Å². The van der Waals surface area contributed by atoms with Gasteiger partial charge in [0.25, 0.3) is 0 Å². The van der Waals surface area contributed by atoms with Gasteiger partial charge in [0.2, 0.25) is 0 Å². The maximum Gasteiger partial charge on any atom is 0.340 e. The first-order valence-corrected chi connectivity index (χ1v) is 14.2. The van der Waals surface area contributed by atoms with E-state index in [1.807, 2.05) is 13.0 Å². The number of hydrogen-bond acceptors (Lipinski definition) is 6. The molecule has 2 N–H and O–H groups in total. The van der Waals surface area contributed by atoms with Crippen LogP contribution in [0.25, 0.3) is 33.2 Å². The van der Waals surface area contributed by atoms with Crippen molar-refractivity contribution in [2.45, 2.75) is 73.1 Å². The van der Waals surface area contributed by atoms with Crippen LogP contribution in [-0.2, 0) is 44.7 Å². The summed E-state index contributed by atoms with van der Waals surface area (Å²) in [5.74, 6) is -0.812. The number of esters is 2. The topological polar surface area (TPSA) is 110 Å². The van der Waals surface area contributed by atoms with Crippen LogP contribution >= 0.6 is 0 Å². The fourth-order valence-electron chi connectivity index (χ4n) is 6.12. The van der Waals surface area contributed by atoms with Gasteiger partial charge >= 0.3 is 11.9 Å². The summed E-state index contributed by atoms with van der Waals surface area (Å²) >= 11 is 0. The largest absolute Gasteiger partial charge is 0.469 e. The average Bonchev–Trinajstić information content (AvgIpc) is 3.65. The quantitative estimate of drug-likeness (QED) is 0.362. The van der Waals surface area contributed by atoms with Gasteiger partial charge in [-0.05, 0) is 86.1 Å². The number of rotatable bonds is 5. The highest BCUT2D eigenvalue weighted by Gasteiger charge is 2.30. The number of nitrogens with zero attached hydrogens (tertiary/aromatic N) is 2. The van der Waals surface area contributed by atoms with E-state index in [4.69, 9.17) is 19.4 Å². The lowest BCUT2D eigenvalue weighted by atomic mass is 9.97. The molecule has 214 valence electrons. The first-order chi connectivity index (χ1) is 19.6. The van der Waals surface area contributed by atoms with Crippen LogP contribution in [0.3, 0.4) is 0 Å². The van der Waals surface area contributed by atoms with Crippen LogP contribution in [0.4, 0.5) is 0 Å². The Morgan fingerprint density at radius 1 is 0.854 bits per heavy atom. The van der Waals surface area contributed by atoms with Gasteiger partial charge in [-0.25, -0.2) is 9.78 Å². The van der Waals surface area contributed by atoms with Gasteiger partial charge in [0.1, 0.15) is 0 Å². The molecule has 41 heavy (non-hydrogen) atoms. The van der Waals surface area contributed by atoms with E-state index in [1.165, 1.54) is 36.5 Å². The van der Waals surface area contributed by atoms with Crippen molar-refractivity contribution in [3.05, 3.63) is 68.8 Å². The molecule has 3 aromatic heterocycles. The predicted molar refractivity (Wildman–Crippen MR) is 162 cm³/mol. The molecular formula is C33H38N4O4. The second-order valence-corrected chi connectivity index (χ2v) is 10.9. The third-order valence-electron chi connectivity index (χ3n) is 8.54. The molecule has 0 unspecified atom stereocenters. The summed E-state index contributed by atoms with van der Waals surface area (Å²) < 4.78 is 10.3. The summed E-state index contributed by atoms with van der Waals surface area (Å²) in [6, 6.07) is 6.30. The Balaban J connectivity index is 2.02. The van der Waals surface area contributed by atoms with Crippen molar-refractivity contribution in [2.75, 3.05) is 14.2 Å². The molecule has 0 spiro atoms. The van der Waals surface area contributed by atoms with Gasteiger partial charge in [-0.2, -0.15) is 0 Å². The number of carbonyl (C=O) groups excluding carboxylic acids is 2. The number of H-pyrrole nitrogens is 2. The Kier molecular flexibility index (Phi) is 7.60. The van der Waals surface area contributed by atoms with E-state index < -0.39 is 11.9 Å². The van der Waals surface area contributed by atoms with E-state index in [9.17, 15) is 9.59 Å². The maximum absolute atomic E-state index is 13.2. The molecule has 3 aromatic rings. The molecule has 0 amide bonds. The molecule has 0 aromatic carbocycles. The van der Waals surface area contributed by atoms with Crippen LogP contribution in [0.1, 0.15) is 84.2 Å². The molecule has 0 aliphatic carbocycles. The Labute approximate surface area is 240 Å². The lowest BCUT2D eigenvalue weighted by Gasteiger charge is -2.09. The van der Waals surface area contributed by atoms with Crippen molar-refractivity contribution < 1.29 is 19.1 Å². The first-order valence-electron chi connectivity index (χ1n) is 14.2. The average molecular weight is 555 g/mol. The molecule has 0 saturated carbocycles. The molecule has 8 bridgehead atoms. The van der Waals surface area contributed by atoms with Crippen LogP contribution < -0.4 is 0 Å². The highest BCUT2D eigenvalue weighted by atomic mass is 16.5. The van der Waals surface area contributed by atoms with Crippen LogP contribution in [-0.4, -0.2) is 46.1 Å². The van der Waals surface area contributed by atoms with Crippen molar-refractivity contribution in [1.29, 1.82) is 0 Å². The molecule has 0 saturated heterocycles. The minimum atomic E-state index is -0.499. The number of methoxy groups -OCH3 is 2. The van der Waals surface area contributed by atoms with E-state index in [0.717, 1.165) is 46.3 Å². The molecule has 8 heteroatoms. The standard InChI is InChI=1S/C33H38N4O4/c1-9-20-17(4)24-13-23-16(3)11-27(34-23)22(12-30(38)40-7)32-31(33(39)41-8)19(6)26(37-32)15-29-21(10-2)18(5)25(36-29)14-28(20)35-24/h13-16,35-36H,9-12H2,1-8H3/t16-/m0/s1. The van der Waals surface area contributed by atoms with E-state index in [0.29, 0.717) is 34.5 Å². The SMILES string of the molecule is CCc1c(C)c2cc3[nH]c(cc4nc(c(CC(=O)OC)c5nc(cc1[nH]2)C(C)=C5C(=O)OC)C[C@@H]4C)c(C)c3CC. The summed E-state index contributed by atoms with van der Waals surface area (Å²) in [7, 11) is 2.72. The summed E-state index contributed by atoms with van der Waals surface area (Å²) in [5, 5.41) is 0. The highest BCUT2D eigenvalue weighted by molar-refractivity contribution is 6.25. The summed E-state index contributed by atoms with van der Waals surface area (Å²) in [4.78, 5) is 43.1. The van der Waals surface area contributed by atoms with Crippen LogP contribution in [0.5, 0.6) is 0 Å². The molecule has 8 nitrogen and oxygen atoms in total. The smallest absolute Gasteiger partial charge is 0.340 e. The van der Waals surface area contributed by atoms with Gasteiger partial charge in [0.15, 0.2) is 0 Å². The predicted octanol–water partition coefficient (Wildman–Crippen LogP) is 6.22. The summed E-state index contributed by atoms with van der Waals surface area (Å²) in [6.07, 6.45) is 2.28. The van der Waals surface area contributed by atoms with Gasteiger partial charge in [0.05, 0.1) is 37.6 Å². The fourth-order valence-corrected chi connectivity index (χ4v) is 6.12. The first kappa shape index (κ1) is 28.3. The van der Waals surface area contributed by atoms with Crippen molar-refractivity contribution in [2.24, 2.45) is 0 Å². The molecule has 2 aliphatic heterocycles. The summed E-state index contributed by atoms with van der Waals surface area (Å²) in [6.45, 7) is 12.6. The van der Waals surface area contributed by atoms with Crippen LogP contribution in [0, 0.1) is 13.8 Å². The lowest BCUT2D eigenvalue weighted by Crippen LogP contribution is -2.12. The second kappa shape index (κ2) is 11.0. The normalized spacial score (nSPS) is 14.9. The fraction of sp³-hybridized carbons (Fsp3) is 0.394. The highest BCUT2D eigenvalue weighted by Crippen LogP contribution is 2.36. The number of hydrogen-bond donors (Lipinski definition) is 2. The minimum absolute atomic E-state index is 0.0538. The third-order valence-corrected chi connectivity index (χ3v) is 8.54. The van der Waals surface area contributed by atoms with Crippen molar-refractivity contribution in [3.63, 3.8) is 0 Å². The monoisotopic (exact) mass is 554 g/mol. The lowest BCUT2D eigenvalue weighted by molar-refractivity contribution is -0.140. The minimum Gasteiger partial charge on any atom is -0.469 e. The number of ether oxygens (including phenoxy) is 2. The number of allylic oxidation sites excluding steroid dienone is 1. The zero-order valence-electron chi connectivity index (χ0n) is 25.2.